The second-order valence-electron chi connectivity index (χ2n) is 3.92. The Morgan fingerprint density at radius 1 is 1.35 bits per heavy atom. The van der Waals surface area contributed by atoms with Gasteiger partial charge in [0.1, 0.15) is 5.82 Å². The third-order valence-electron chi connectivity index (χ3n) is 2.53. The molecule has 2 rings (SSSR count). The van der Waals surface area contributed by atoms with Gasteiger partial charge in [0.15, 0.2) is 6.04 Å². The Kier molecular flexibility index (Phi) is 4.72. The van der Waals surface area contributed by atoms with Crippen LogP contribution in [0.2, 0.25) is 0 Å². The van der Waals surface area contributed by atoms with Crippen molar-refractivity contribution in [3.05, 3.63) is 57.0 Å². The molecule has 0 aliphatic carbocycles. The number of carboxylic acid groups (broad SMARTS) is 1. The Morgan fingerprint density at radius 3 is 2.65 bits per heavy atom. The summed E-state index contributed by atoms with van der Waals surface area (Å²) in [5, 5.41) is 12.0. The molecule has 1 aromatic carbocycles. The lowest BCUT2D eigenvalue weighted by Crippen LogP contribution is -2.22. The van der Waals surface area contributed by atoms with Crippen molar-refractivity contribution in [2.45, 2.75) is 6.04 Å². The van der Waals surface area contributed by atoms with Gasteiger partial charge >= 0.3 is 5.97 Å². The number of carbonyl (C=O) groups is 1. The summed E-state index contributed by atoms with van der Waals surface area (Å²) in [4.78, 5) is 15.5. The molecule has 0 saturated heterocycles. The van der Waals surface area contributed by atoms with Gasteiger partial charge in [-0.25, -0.2) is 9.18 Å². The van der Waals surface area contributed by atoms with Gasteiger partial charge in [0.05, 0.1) is 11.4 Å². The monoisotopic (exact) mass is 402 g/mol. The van der Waals surface area contributed by atoms with Crippen molar-refractivity contribution in [2.75, 3.05) is 5.32 Å². The maximum atomic E-state index is 13.6. The molecule has 1 atom stereocenters. The molecule has 0 radical (unpaired) electrons. The SMILES string of the molecule is O=C(O)C(Nc1ccccc1F)c1ncc(Br)cc1Br. The molecule has 104 valence electrons. The Hall–Kier alpha value is -1.47. The predicted molar refractivity (Wildman–Crippen MR) is 80.0 cm³/mol. The van der Waals surface area contributed by atoms with Gasteiger partial charge in [0.2, 0.25) is 0 Å². The van der Waals surface area contributed by atoms with Crippen LogP contribution in [0, 0.1) is 5.82 Å². The Morgan fingerprint density at radius 2 is 2.05 bits per heavy atom. The van der Waals surface area contributed by atoms with E-state index in [2.05, 4.69) is 42.2 Å². The minimum absolute atomic E-state index is 0.108. The smallest absolute Gasteiger partial charge is 0.332 e. The fourth-order valence-corrected chi connectivity index (χ4v) is 2.83. The van der Waals surface area contributed by atoms with E-state index in [0.29, 0.717) is 8.95 Å². The van der Waals surface area contributed by atoms with Crippen molar-refractivity contribution in [1.29, 1.82) is 0 Å². The number of nitrogens with zero attached hydrogens (tertiary/aromatic N) is 1. The van der Waals surface area contributed by atoms with Crippen LogP contribution in [-0.2, 0) is 4.79 Å². The van der Waals surface area contributed by atoms with E-state index in [9.17, 15) is 14.3 Å². The second kappa shape index (κ2) is 6.32. The zero-order valence-electron chi connectivity index (χ0n) is 9.98. The van der Waals surface area contributed by atoms with Gasteiger partial charge in [-0.1, -0.05) is 12.1 Å². The van der Waals surface area contributed by atoms with Gasteiger partial charge in [-0.3, -0.25) is 4.98 Å². The molecule has 1 aromatic heterocycles. The molecular formula is C13H9Br2FN2O2. The highest BCUT2D eigenvalue weighted by Crippen LogP contribution is 2.28. The lowest BCUT2D eigenvalue weighted by molar-refractivity contribution is -0.138. The molecule has 4 nitrogen and oxygen atoms in total. The van der Waals surface area contributed by atoms with Crippen LogP contribution in [0.25, 0.3) is 0 Å². The van der Waals surface area contributed by atoms with Gasteiger partial charge in [-0.15, -0.1) is 0 Å². The summed E-state index contributed by atoms with van der Waals surface area (Å²) in [6.45, 7) is 0. The standard InChI is InChI=1S/C13H9Br2FN2O2/c14-7-5-8(15)11(17-6-7)12(13(19)20)18-10-4-2-1-3-9(10)16/h1-6,12,18H,(H,19,20). The first-order chi connectivity index (χ1) is 9.49. The van der Waals surface area contributed by atoms with Crippen molar-refractivity contribution in [1.82, 2.24) is 4.98 Å². The molecule has 1 heterocycles. The summed E-state index contributed by atoms with van der Waals surface area (Å²) in [6.07, 6.45) is 1.49. The molecule has 0 amide bonds. The van der Waals surface area contributed by atoms with Crippen molar-refractivity contribution in [2.24, 2.45) is 0 Å². The molecule has 0 bridgehead atoms. The average Bonchev–Trinajstić information content (AvgIpc) is 2.38. The molecule has 20 heavy (non-hydrogen) atoms. The van der Waals surface area contributed by atoms with Crippen LogP contribution in [0.3, 0.4) is 0 Å². The first-order valence-electron chi connectivity index (χ1n) is 5.54. The number of pyridine rings is 1. The maximum absolute atomic E-state index is 13.6. The van der Waals surface area contributed by atoms with E-state index < -0.39 is 17.8 Å². The number of halogens is 3. The number of benzene rings is 1. The summed E-state index contributed by atoms with van der Waals surface area (Å²) in [5.74, 6) is -1.67. The van der Waals surface area contributed by atoms with Crippen LogP contribution in [0.4, 0.5) is 10.1 Å². The molecular weight excluding hydrogens is 395 g/mol. The number of rotatable bonds is 4. The van der Waals surface area contributed by atoms with Crippen LogP contribution in [-0.4, -0.2) is 16.1 Å². The van der Waals surface area contributed by atoms with Crippen molar-refractivity contribution >= 4 is 43.5 Å². The highest BCUT2D eigenvalue weighted by atomic mass is 79.9. The van der Waals surface area contributed by atoms with Gasteiger partial charge in [0.25, 0.3) is 0 Å². The Balaban J connectivity index is 2.37. The third-order valence-corrected chi connectivity index (χ3v) is 3.60. The number of anilines is 1. The fourth-order valence-electron chi connectivity index (χ4n) is 1.62. The summed E-state index contributed by atoms with van der Waals surface area (Å²) in [6, 6.07) is 6.40. The van der Waals surface area contributed by atoms with Crippen LogP contribution < -0.4 is 5.32 Å². The van der Waals surface area contributed by atoms with Crippen molar-refractivity contribution < 1.29 is 14.3 Å². The number of hydrogen-bond acceptors (Lipinski definition) is 3. The van der Waals surface area contributed by atoms with Crippen LogP contribution in [0.5, 0.6) is 0 Å². The van der Waals surface area contributed by atoms with E-state index in [1.165, 1.54) is 24.4 Å². The summed E-state index contributed by atoms with van der Waals surface area (Å²) in [5.41, 5.74) is 0.375. The highest BCUT2D eigenvalue weighted by molar-refractivity contribution is 9.11. The van der Waals surface area contributed by atoms with Crippen molar-refractivity contribution in [3.63, 3.8) is 0 Å². The van der Waals surface area contributed by atoms with Crippen LogP contribution in [0.1, 0.15) is 11.7 Å². The van der Waals surface area contributed by atoms with Gasteiger partial charge in [-0.05, 0) is 50.1 Å². The first-order valence-corrected chi connectivity index (χ1v) is 7.12. The lowest BCUT2D eigenvalue weighted by Gasteiger charge is -2.17. The van der Waals surface area contributed by atoms with Gasteiger partial charge < -0.3 is 10.4 Å². The van der Waals surface area contributed by atoms with E-state index >= 15 is 0 Å². The normalized spacial score (nSPS) is 11.9. The largest absolute Gasteiger partial charge is 0.479 e. The van der Waals surface area contributed by atoms with Crippen LogP contribution in [0.15, 0.2) is 45.5 Å². The van der Waals surface area contributed by atoms with Crippen molar-refractivity contribution in [3.8, 4) is 0 Å². The molecule has 7 heteroatoms. The number of aromatic nitrogens is 1. The van der Waals surface area contributed by atoms with E-state index in [-0.39, 0.29) is 11.4 Å². The molecule has 0 saturated carbocycles. The zero-order valence-corrected chi connectivity index (χ0v) is 13.2. The topological polar surface area (TPSA) is 62.2 Å². The summed E-state index contributed by atoms with van der Waals surface area (Å²) in [7, 11) is 0. The quantitative estimate of drug-likeness (QED) is 0.810. The zero-order chi connectivity index (χ0) is 14.7. The van der Waals surface area contributed by atoms with E-state index in [4.69, 9.17) is 0 Å². The molecule has 0 aliphatic heterocycles. The Labute approximate surface area is 131 Å². The summed E-state index contributed by atoms with van der Waals surface area (Å²) >= 11 is 6.50. The fraction of sp³-hybridized carbons (Fsp3) is 0.0769. The first kappa shape index (κ1) is 14.9. The maximum Gasteiger partial charge on any atom is 0.332 e. The Bertz CT molecular complexity index is 652. The number of aliphatic carboxylic acids is 1. The lowest BCUT2D eigenvalue weighted by atomic mass is 10.1. The molecule has 0 spiro atoms. The van der Waals surface area contributed by atoms with Crippen LogP contribution >= 0.6 is 31.9 Å². The minimum atomic E-state index is -1.16. The van der Waals surface area contributed by atoms with E-state index in [1.54, 1.807) is 12.1 Å². The molecule has 2 N–H and O–H groups in total. The molecule has 0 fully saturated rings. The van der Waals surface area contributed by atoms with E-state index in [1.807, 2.05) is 0 Å². The number of para-hydroxylation sites is 1. The minimum Gasteiger partial charge on any atom is -0.479 e. The highest BCUT2D eigenvalue weighted by Gasteiger charge is 2.24. The summed E-state index contributed by atoms with van der Waals surface area (Å²) < 4.78 is 14.8. The molecule has 2 aromatic rings. The number of hydrogen-bond donors (Lipinski definition) is 2. The average molecular weight is 404 g/mol. The third kappa shape index (κ3) is 3.34. The van der Waals surface area contributed by atoms with Gasteiger partial charge in [-0.2, -0.15) is 0 Å². The predicted octanol–water partition coefficient (Wildman–Crippen LogP) is 3.98. The van der Waals surface area contributed by atoms with Gasteiger partial charge in [0, 0.05) is 15.1 Å². The molecule has 0 aliphatic rings. The molecule has 1 unspecified atom stereocenters. The van der Waals surface area contributed by atoms with E-state index in [0.717, 1.165) is 0 Å². The number of carboxylic acids is 1. The second-order valence-corrected chi connectivity index (χ2v) is 5.69. The number of nitrogens with one attached hydrogen (secondary N) is 1.